The Hall–Kier alpha value is -1.91. The second-order valence-electron chi connectivity index (χ2n) is 7.82. The molecule has 1 N–H and O–H groups in total. The molecule has 1 atom stereocenters. The molecule has 1 unspecified atom stereocenters. The highest BCUT2D eigenvalue weighted by atomic mass is 127. The number of nitrogens with one attached hydrogen (secondary N) is 1. The zero-order valence-corrected chi connectivity index (χ0v) is 20.1. The number of rotatable bonds is 4. The highest BCUT2D eigenvalue weighted by molar-refractivity contribution is 14.0. The second-order valence-corrected chi connectivity index (χ2v) is 7.82. The van der Waals surface area contributed by atoms with Crippen molar-refractivity contribution >= 4 is 35.6 Å². The number of guanidine groups is 1. The standard InChI is InChI=1S/C21H30FN7.HI/c1-3-23-21(24-14-17-4-9-20-26-25-16(2)29(20)15-17)28-12-10-27(11-13-28)19-7-5-18(22)6-8-19;/h5-8,17H,3-4,9-15H2,1-2H3,(H,23,24);1H. The molecule has 9 heteroatoms. The lowest BCUT2D eigenvalue weighted by atomic mass is 9.99. The highest BCUT2D eigenvalue weighted by Gasteiger charge is 2.23. The van der Waals surface area contributed by atoms with E-state index in [1.165, 1.54) is 12.1 Å². The van der Waals surface area contributed by atoms with Crippen molar-refractivity contribution in [2.75, 3.05) is 44.2 Å². The van der Waals surface area contributed by atoms with Crippen LogP contribution in [-0.2, 0) is 13.0 Å². The van der Waals surface area contributed by atoms with Gasteiger partial charge in [-0.2, -0.15) is 0 Å². The van der Waals surface area contributed by atoms with E-state index < -0.39 is 0 Å². The molecule has 0 amide bonds. The number of fused-ring (bicyclic) bond motifs is 1. The van der Waals surface area contributed by atoms with Crippen LogP contribution in [0.5, 0.6) is 0 Å². The summed E-state index contributed by atoms with van der Waals surface area (Å²) in [5.74, 6) is 3.43. The van der Waals surface area contributed by atoms with E-state index in [9.17, 15) is 4.39 Å². The summed E-state index contributed by atoms with van der Waals surface area (Å²) in [5, 5.41) is 11.9. The molecule has 1 aromatic heterocycles. The summed E-state index contributed by atoms with van der Waals surface area (Å²) < 4.78 is 15.4. The van der Waals surface area contributed by atoms with E-state index in [1.54, 1.807) is 0 Å². The van der Waals surface area contributed by atoms with Crippen LogP contribution in [-0.4, -0.2) is 64.9 Å². The molecule has 164 valence electrons. The minimum Gasteiger partial charge on any atom is -0.368 e. The van der Waals surface area contributed by atoms with Gasteiger partial charge in [0, 0.05) is 57.9 Å². The van der Waals surface area contributed by atoms with Gasteiger partial charge in [0.25, 0.3) is 0 Å². The molecule has 1 saturated heterocycles. The minimum absolute atomic E-state index is 0. The average molecular weight is 527 g/mol. The van der Waals surface area contributed by atoms with Gasteiger partial charge in [-0.05, 0) is 50.5 Å². The third-order valence-corrected chi connectivity index (χ3v) is 5.83. The molecule has 0 aliphatic carbocycles. The van der Waals surface area contributed by atoms with Crippen molar-refractivity contribution in [2.24, 2.45) is 10.9 Å². The molecule has 2 aromatic rings. The van der Waals surface area contributed by atoms with Crippen LogP contribution < -0.4 is 10.2 Å². The number of hydrogen-bond donors (Lipinski definition) is 1. The summed E-state index contributed by atoms with van der Waals surface area (Å²) in [7, 11) is 0. The Kier molecular flexibility index (Phi) is 7.90. The van der Waals surface area contributed by atoms with Gasteiger partial charge in [0.15, 0.2) is 5.96 Å². The van der Waals surface area contributed by atoms with Crippen molar-refractivity contribution in [3.05, 3.63) is 41.7 Å². The normalized spacial score (nSPS) is 19.3. The molecule has 2 aliphatic heterocycles. The molecule has 3 heterocycles. The first-order valence-corrected chi connectivity index (χ1v) is 10.6. The molecule has 0 bridgehead atoms. The van der Waals surface area contributed by atoms with Gasteiger partial charge in [-0.15, -0.1) is 34.2 Å². The quantitative estimate of drug-likeness (QED) is 0.377. The zero-order chi connectivity index (χ0) is 20.2. The molecule has 0 saturated carbocycles. The molecule has 4 rings (SSSR count). The van der Waals surface area contributed by atoms with Crippen LogP contribution in [0, 0.1) is 18.7 Å². The van der Waals surface area contributed by atoms with Crippen LogP contribution in [0.15, 0.2) is 29.3 Å². The SMILES string of the molecule is CCNC(=NCC1CCc2nnc(C)n2C1)N1CCN(c2ccc(F)cc2)CC1.I. The number of hydrogen-bond acceptors (Lipinski definition) is 4. The number of nitrogens with zero attached hydrogens (tertiary/aromatic N) is 6. The Morgan fingerprint density at radius 3 is 2.60 bits per heavy atom. The van der Waals surface area contributed by atoms with Crippen molar-refractivity contribution < 1.29 is 4.39 Å². The van der Waals surface area contributed by atoms with E-state index in [0.717, 1.165) is 82.0 Å². The van der Waals surface area contributed by atoms with E-state index in [2.05, 4.69) is 36.8 Å². The van der Waals surface area contributed by atoms with Gasteiger partial charge < -0.3 is 19.7 Å². The van der Waals surface area contributed by atoms with Gasteiger partial charge in [-0.25, -0.2) is 4.39 Å². The first-order chi connectivity index (χ1) is 14.1. The first-order valence-electron chi connectivity index (χ1n) is 10.6. The lowest BCUT2D eigenvalue weighted by Gasteiger charge is -2.38. The largest absolute Gasteiger partial charge is 0.368 e. The average Bonchev–Trinajstić information content (AvgIpc) is 3.12. The van der Waals surface area contributed by atoms with Crippen LogP contribution in [0.3, 0.4) is 0 Å². The van der Waals surface area contributed by atoms with E-state index in [1.807, 2.05) is 19.1 Å². The topological polar surface area (TPSA) is 61.6 Å². The second kappa shape index (κ2) is 10.4. The number of aliphatic imine (C=N–C) groups is 1. The van der Waals surface area contributed by atoms with E-state index >= 15 is 0 Å². The maximum Gasteiger partial charge on any atom is 0.194 e. The zero-order valence-electron chi connectivity index (χ0n) is 17.7. The Labute approximate surface area is 194 Å². The van der Waals surface area contributed by atoms with E-state index in [0.29, 0.717) is 5.92 Å². The van der Waals surface area contributed by atoms with Crippen LogP contribution in [0.1, 0.15) is 25.0 Å². The predicted octanol–water partition coefficient (Wildman–Crippen LogP) is 2.69. The number of anilines is 1. The summed E-state index contributed by atoms with van der Waals surface area (Å²) in [6, 6.07) is 6.77. The summed E-state index contributed by atoms with van der Waals surface area (Å²) in [5.41, 5.74) is 1.08. The molecule has 7 nitrogen and oxygen atoms in total. The summed E-state index contributed by atoms with van der Waals surface area (Å²) in [6.45, 7) is 10.4. The van der Waals surface area contributed by atoms with Crippen LogP contribution >= 0.6 is 24.0 Å². The van der Waals surface area contributed by atoms with Crippen molar-refractivity contribution in [3.8, 4) is 0 Å². The molecule has 2 aliphatic rings. The lowest BCUT2D eigenvalue weighted by Crippen LogP contribution is -2.52. The number of aromatic nitrogens is 3. The fourth-order valence-corrected chi connectivity index (χ4v) is 4.15. The lowest BCUT2D eigenvalue weighted by molar-refractivity contribution is 0.354. The van der Waals surface area contributed by atoms with Gasteiger partial charge >= 0.3 is 0 Å². The van der Waals surface area contributed by atoms with Crippen molar-refractivity contribution in [2.45, 2.75) is 33.2 Å². The van der Waals surface area contributed by atoms with Crippen LogP contribution in [0.2, 0.25) is 0 Å². The van der Waals surface area contributed by atoms with Gasteiger partial charge in [0.1, 0.15) is 17.5 Å². The maximum absolute atomic E-state index is 13.2. The van der Waals surface area contributed by atoms with Crippen molar-refractivity contribution in [1.82, 2.24) is 25.0 Å². The van der Waals surface area contributed by atoms with Gasteiger partial charge in [0.2, 0.25) is 0 Å². The summed E-state index contributed by atoms with van der Waals surface area (Å²) in [4.78, 5) is 9.60. The Morgan fingerprint density at radius 1 is 1.17 bits per heavy atom. The molecule has 1 aromatic carbocycles. The number of aryl methyl sites for hydroxylation is 2. The molecular formula is C21H31FIN7. The molecule has 0 spiro atoms. The van der Waals surface area contributed by atoms with Crippen molar-refractivity contribution in [1.29, 1.82) is 0 Å². The Bertz CT molecular complexity index is 844. The minimum atomic E-state index is -0.189. The Morgan fingerprint density at radius 2 is 1.90 bits per heavy atom. The summed E-state index contributed by atoms with van der Waals surface area (Å²) >= 11 is 0. The smallest absolute Gasteiger partial charge is 0.194 e. The van der Waals surface area contributed by atoms with E-state index in [-0.39, 0.29) is 29.8 Å². The van der Waals surface area contributed by atoms with Crippen LogP contribution in [0.25, 0.3) is 0 Å². The van der Waals surface area contributed by atoms with Gasteiger partial charge in [-0.1, -0.05) is 0 Å². The monoisotopic (exact) mass is 527 g/mol. The number of halogens is 2. The van der Waals surface area contributed by atoms with Crippen LogP contribution in [0.4, 0.5) is 10.1 Å². The third kappa shape index (κ3) is 5.22. The maximum atomic E-state index is 13.2. The van der Waals surface area contributed by atoms with Gasteiger partial charge in [-0.3, -0.25) is 4.99 Å². The Balaban J connectivity index is 0.00000256. The van der Waals surface area contributed by atoms with Crippen molar-refractivity contribution in [3.63, 3.8) is 0 Å². The highest BCUT2D eigenvalue weighted by Crippen LogP contribution is 2.21. The molecular weight excluding hydrogens is 496 g/mol. The predicted molar refractivity (Wildman–Crippen MR) is 128 cm³/mol. The molecule has 0 radical (unpaired) electrons. The summed E-state index contributed by atoms with van der Waals surface area (Å²) in [6.07, 6.45) is 2.09. The molecule has 30 heavy (non-hydrogen) atoms. The first kappa shape index (κ1) is 22.8. The molecule has 1 fully saturated rings. The number of piperazine rings is 1. The fourth-order valence-electron chi connectivity index (χ4n) is 4.15. The fraction of sp³-hybridized carbons (Fsp3) is 0.571. The third-order valence-electron chi connectivity index (χ3n) is 5.83. The van der Waals surface area contributed by atoms with Gasteiger partial charge in [0.05, 0.1) is 0 Å². The number of benzene rings is 1. The van der Waals surface area contributed by atoms with E-state index in [4.69, 9.17) is 4.99 Å².